The summed E-state index contributed by atoms with van der Waals surface area (Å²) in [6.07, 6.45) is 11.5. The molecule has 37 heavy (non-hydrogen) atoms. The number of carbonyl (C=O) groups is 1. The Hall–Kier alpha value is -3.01. The number of anilines is 1. The van der Waals surface area contributed by atoms with Gasteiger partial charge < -0.3 is 10.2 Å². The van der Waals surface area contributed by atoms with E-state index in [2.05, 4.69) is 21.3 Å². The molecule has 1 N–H and O–H groups in total. The molecule has 202 valence electrons. The Morgan fingerprint density at radius 1 is 1.22 bits per heavy atom. The van der Waals surface area contributed by atoms with Crippen LogP contribution in [0.25, 0.3) is 11.1 Å². The van der Waals surface area contributed by atoms with Crippen LogP contribution in [0, 0.1) is 6.92 Å². The van der Waals surface area contributed by atoms with Crippen molar-refractivity contribution in [1.29, 1.82) is 0 Å². The Bertz CT molecular complexity index is 1310. The molecule has 1 aliphatic carbocycles. The minimum atomic E-state index is -2.72. The quantitative estimate of drug-likeness (QED) is 0.542. The van der Waals surface area contributed by atoms with E-state index >= 15 is 0 Å². The van der Waals surface area contributed by atoms with E-state index in [1.54, 1.807) is 41.4 Å². The van der Waals surface area contributed by atoms with Crippen molar-refractivity contribution in [3.05, 3.63) is 52.5 Å². The first-order valence-electron chi connectivity index (χ1n) is 12.6. The molecule has 0 bridgehead atoms. The van der Waals surface area contributed by atoms with Crippen LogP contribution in [-0.2, 0) is 16.6 Å². The van der Waals surface area contributed by atoms with E-state index < -0.39 is 15.4 Å². The Kier molecular flexibility index (Phi) is 8.94. The Morgan fingerprint density at radius 3 is 2.59 bits per heavy atom. The lowest BCUT2D eigenvalue weighted by atomic mass is 9.99. The number of nitrogens with zero attached hydrogens (tertiary/aromatic N) is 4. The lowest BCUT2D eigenvalue weighted by Gasteiger charge is -2.26. The van der Waals surface area contributed by atoms with Crippen LogP contribution in [-0.4, -0.2) is 56.0 Å². The maximum atomic E-state index is 14.0. The first kappa shape index (κ1) is 28.6. The van der Waals surface area contributed by atoms with Gasteiger partial charge in [0.25, 0.3) is 5.91 Å². The normalized spacial score (nSPS) is 18.9. The van der Waals surface area contributed by atoms with Crippen molar-refractivity contribution in [2.75, 3.05) is 24.2 Å². The smallest absolute Gasteiger partial charge is 0.259 e. The van der Waals surface area contributed by atoms with Crippen LogP contribution in [0.1, 0.15) is 61.9 Å². The predicted octanol–water partition coefficient (Wildman–Crippen LogP) is 5.08. The van der Waals surface area contributed by atoms with Gasteiger partial charge in [-0.1, -0.05) is 19.9 Å². The summed E-state index contributed by atoms with van der Waals surface area (Å²) in [5.41, 5.74) is 3.13. The van der Waals surface area contributed by atoms with E-state index in [4.69, 9.17) is 0 Å². The molecular weight excluding hydrogens is 496 g/mol. The largest absolute Gasteiger partial charge is 0.356 e. The van der Waals surface area contributed by atoms with Gasteiger partial charge in [-0.15, -0.1) is 0 Å². The summed E-state index contributed by atoms with van der Waals surface area (Å²) in [4.78, 5) is 20.7. The molecule has 10 heteroatoms. The van der Waals surface area contributed by atoms with Gasteiger partial charge >= 0.3 is 0 Å². The number of aryl methyl sites for hydroxylation is 1. The number of amides is 1. The maximum absolute atomic E-state index is 14.0. The Labute approximate surface area is 218 Å². The summed E-state index contributed by atoms with van der Waals surface area (Å²) in [5.74, 6) is 1.04. The van der Waals surface area contributed by atoms with Crippen molar-refractivity contribution in [1.82, 2.24) is 20.1 Å². The van der Waals surface area contributed by atoms with E-state index in [9.17, 15) is 17.8 Å². The summed E-state index contributed by atoms with van der Waals surface area (Å²) < 4.78 is 42.2. The highest BCUT2D eigenvalue weighted by Crippen LogP contribution is 2.34. The SMILES string of the molecule is C=S(C)(=O)C1=CC(NC(=O)c2c(N3CCCC(F)(F)CC3)ncc(-c3cnn(C)c3)c2C)=CCC1.CC. The molecule has 0 aromatic carbocycles. The van der Waals surface area contributed by atoms with Gasteiger partial charge in [0.05, 0.1) is 11.8 Å². The minimum Gasteiger partial charge on any atom is -0.356 e. The average Bonchev–Trinajstić information content (AvgIpc) is 3.18. The summed E-state index contributed by atoms with van der Waals surface area (Å²) in [5, 5.41) is 7.15. The van der Waals surface area contributed by atoms with Gasteiger partial charge in [0.1, 0.15) is 5.82 Å². The van der Waals surface area contributed by atoms with Crippen molar-refractivity contribution in [2.45, 2.75) is 58.8 Å². The summed E-state index contributed by atoms with van der Waals surface area (Å²) in [6.45, 7) is 6.33. The topological polar surface area (TPSA) is 80.1 Å². The standard InChI is InChI=1S/C25H31F2N5O2S.C2H6/c1-17-21(18-14-29-31(2)16-18)15-28-23(32-11-6-9-25(26,27)10-12-32)22(17)24(33)30-19-7-5-8-20(13-19)35(3,4)34;1-2/h7,13-16H,3,5-6,8-12H2,1-2,4H3,(H,30,33);1-2H3. The number of alkyl halides is 2. The Morgan fingerprint density at radius 2 is 1.95 bits per heavy atom. The third-order valence-electron chi connectivity index (χ3n) is 6.46. The summed E-state index contributed by atoms with van der Waals surface area (Å²) >= 11 is 0. The van der Waals surface area contributed by atoms with Crippen molar-refractivity contribution in [3.8, 4) is 11.1 Å². The van der Waals surface area contributed by atoms with E-state index in [1.807, 2.05) is 33.0 Å². The van der Waals surface area contributed by atoms with Gasteiger partial charge in [0.15, 0.2) is 0 Å². The number of nitrogens with one attached hydrogen (secondary N) is 1. The van der Waals surface area contributed by atoms with Gasteiger partial charge in [-0.25, -0.2) is 13.8 Å². The average molecular weight is 534 g/mol. The number of allylic oxidation sites excluding steroid dienone is 3. The molecule has 2 aromatic rings. The number of rotatable bonds is 5. The summed E-state index contributed by atoms with van der Waals surface area (Å²) in [7, 11) is -0.575. The maximum Gasteiger partial charge on any atom is 0.259 e. The molecule has 1 atom stereocenters. The van der Waals surface area contributed by atoms with Crippen LogP contribution in [0.3, 0.4) is 0 Å². The fourth-order valence-electron chi connectivity index (χ4n) is 4.52. The second kappa shape index (κ2) is 11.6. The first-order chi connectivity index (χ1) is 17.4. The number of carbonyl (C=O) groups excluding carboxylic acids is 1. The second-order valence-electron chi connectivity index (χ2n) is 9.36. The number of aromatic nitrogens is 3. The molecule has 1 aliphatic heterocycles. The Balaban J connectivity index is 0.00000186. The van der Waals surface area contributed by atoms with Gasteiger partial charge in [0, 0.05) is 73.4 Å². The van der Waals surface area contributed by atoms with Crippen LogP contribution >= 0.6 is 0 Å². The molecule has 1 unspecified atom stereocenters. The molecule has 0 radical (unpaired) electrons. The fraction of sp³-hybridized carbons (Fsp3) is 0.481. The van der Waals surface area contributed by atoms with E-state index in [1.165, 1.54) is 0 Å². The van der Waals surface area contributed by atoms with Crippen molar-refractivity contribution >= 4 is 27.1 Å². The lowest BCUT2D eigenvalue weighted by Crippen LogP contribution is -2.32. The highest BCUT2D eigenvalue weighted by molar-refractivity contribution is 8.03. The highest BCUT2D eigenvalue weighted by Gasteiger charge is 2.33. The van der Waals surface area contributed by atoms with E-state index in [0.29, 0.717) is 53.4 Å². The van der Waals surface area contributed by atoms with E-state index in [0.717, 1.165) is 11.1 Å². The van der Waals surface area contributed by atoms with Gasteiger partial charge in [-0.2, -0.15) is 5.10 Å². The lowest BCUT2D eigenvalue weighted by molar-refractivity contribution is -0.0102. The summed E-state index contributed by atoms with van der Waals surface area (Å²) in [6, 6.07) is 0. The number of halogens is 2. The number of hydrogen-bond acceptors (Lipinski definition) is 5. The van der Waals surface area contributed by atoms with Gasteiger partial charge in [0.2, 0.25) is 5.92 Å². The zero-order chi connectivity index (χ0) is 27.4. The molecule has 1 amide bonds. The zero-order valence-electron chi connectivity index (χ0n) is 22.3. The zero-order valence-corrected chi connectivity index (χ0v) is 23.1. The third-order valence-corrected chi connectivity index (χ3v) is 7.89. The van der Waals surface area contributed by atoms with Crippen LogP contribution in [0.5, 0.6) is 0 Å². The van der Waals surface area contributed by atoms with Crippen LogP contribution in [0.2, 0.25) is 0 Å². The molecule has 0 saturated carbocycles. The molecule has 3 heterocycles. The van der Waals surface area contributed by atoms with Crippen LogP contribution in [0.4, 0.5) is 14.6 Å². The van der Waals surface area contributed by atoms with Crippen molar-refractivity contribution < 1.29 is 17.8 Å². The second-order valence-corrected chi connectivity index (χ2v) is 11.9. The molecule has 1 saturated heterocycles. The van der Waals surface area contributed by atoms with Crippen molar-refractivity contribution in [2.24, 2.45) is 7.05 Å². The minimum absolute atomic E-state index is 0.109. The number of hydrogen-bond donors (Lipinski definition) is 1. The molecule has 1 fully saturated rings. The monoisotopic (exact) mass is 533 g/mol. The van der Waals surface area contributed by atoms with Crippen LogP contribution < -0.4 is 10.2 Å². The highest BCUT2D eigenvalue weighted by atomic mass is 32.2. The first-order valence-corrected chi connectivity index (χ1v) is 14.7. The van der Waals surface area contributed by atoms with Gasteiger partial charge in [-0.05, 0) is 53.2 Å². The molecule has 2 aliphatic rings. The molecule has 2 aromatic heterocycles. The number of pyridine rings is 1. The molecule has 0 spiro atoms. The third kappa shape index (κ3) is 6.85. The molecule has 4 rings (SSSR count). The fourth-order valence-corrected chi connectivity index (χ4v) is 5.45. The van der Waals surface area contributed by atoms with Gasteiger partial charge in [-0.3, -0.25) is 13.7 Å². The predicted molar refractivity (Wildman–Crippen MR) is 148 cm³/mol. The molecular formula is C27H37F2N5O2S. The van der Waals surface area contributed by atoms with E-state index in [-0.39, 0.29) is 25.3 Å². The van der Waals surface area contributed by atoms with Crippen LogP contribution in [0.15, 0.2) is 41.3 Å². The van der Waals surface area contributed by atoms with Crippen molar-refractivity contribution in [3.63, 3.8) is 0 Å². The molecule has 7 nitrogen and oxygen atoms in total.